The van der Waals surface area contributed by atoms with E-state index in [-0.39, 0.29) is 16.3 Å². The van der Waals surface area contributed by atoms with Crippen molar-refractivity contribution in [2.24, 2.45) is 0 Å². The molecule has 184 valence electrons. The number of carbonyl (C=O) groups excluding carboxylic acids is 1. The summed E-state index contributed by atoms with van der Waals surface area (Å²) in [6, 6.07) is 31.1. The van der Waals surface area contributed by atoms with E-state index < -0.39 is 17.6 Å². The molecule has 37 heavy (non-hydrogen) atoms. The third-order valence-electron chi connectivity index (χ3n) is 5.40. The highest BCUT2D eigenvalue weighted by Crippen LogP contribution is 2.35. The lowest BCUT2D eigenvalue weighted by atomic mass is 10.1. The van der Waals surface area contributed by atoms with Crippen molar-refractivity contribution < 1.29 is 18.0 Å². The van der Waals surface area contributed by atoms with E-state index in [1.165, 1.54) is 6.08 Å². The Morgan fingerprint density at radius 2 is 1.38 bits per heavy atom. The van der Waals surface area contributed by atoms with Gasteiger partial charge < -0.3 is 10.2 Å². The Bertz CT molecular complexity index is 1420. The minimum absolute atomic E-state index is 0.0788. The molecule has 4 aromatic rings. The maximum Gasteiger partial charge on any atom is 0.416 e. The number of anilines is 4. The number of rotatable bonds is 6. The molecular formula is C29H19ClF3N3O. The van der Waals surface area contributed by atoms with E-state index in [9.17, 15) is 23.2 Å². The number of para-hydroxylation sites is 2. The number of benzene rings is 4. The molecule has 0 spiro atoms. The van der Waals surface area contributed by atoms with Gasteiger partial charge in [0.05, 0.1) is 16.3 Å². The van der Waals surface area contributed by atoms with Crippen LogP contribution >= 0.6 is 11.6 Å². The first kappa shape index (κ1) is 25.5. The number of hydrogen-bond acceptors (Lipinski definition) is 3. The van der Waals surface area contributed by atoms with E-state index in [1.807, 2.05) is 72.8 Å². The van der Waals surface area contributed by atoms with Gasteiger partial charge in [-0.15, -0.1) is 0 Å². The van der Waals surface area contributed by atoms with Gasteiger partial charge in [-0.3, -0.25) is 4.79 Å². The monoisotopic (exact) mass is 517 g/mol. The predicted octanol–water partition coefficient (Wildman–Crippen LogP) is 8.37. The molecule has 4 rings (SSSR count). The summed E-state index contributed by atoms with van der Waals surface area (Å²) in [5, 5.41) is 11.7. The molecule has 0 saturated heterocycles. The molecule has 0 aliphatic rings. The summed E-state index contributed by atoms with van der Waals surface area (Å²) >= 11 is 5.96. The van der Waals surface area contributed by atoms with Crippen LogP contribution in [0.4, 0.5) is 35.9 Å². The van der Waals surface area contributed by atoms with Crippen LogP contribution in [0.3, 0.4) is 0 Å². The first-order valence-electron chi connectivity index (χ1n) is 11.1. The summed E-state index contributed by atoms with van der Waals surface area (Å²) in [6.45, 7) is 0. The number of nitrogens with zero attached hydrogens (tertiary/aromatic N) is 2. The molecule has 4 aromatic carbocycles. The second kappa shape index (κ2) is 11.0. The number of carbonyl (C=O) groups is 1. The SMILES string of the molecule is N#CC(=Cc1ccc(N(c2ccccc2)c2ccccc2)cc1)C(=O)Nc1cc(C(F)(F)F)ccc1Cl. The summed E-state index contributed by atoms with van der Waals surface area (Å²) in [5.41, 5.74) is 1.83. The summed E-state index contributed by atoms with van der Waals surface area (Å²) in [7, 11) is 0. The van der Waals surface area contributed by atoms with E-state index in [0.717, 1.165) is 35.3 Å². The van der Waals surface area contributed by atoms with Crippen LogP contribution in [0, 0.1) is 11.3 Å². The fourth-order valence-electron chi connectivity index (χ4n) is 3.62. The molecule has 1 amide bonds. The predicted molar refractivity (Wildman–Crippen MR) is 140 cm³/mol. The third kappa shape index (κ3) is 6.18. The Morgan fingerprint density at radius 1 is 0.838 bits per heavy atom. The van der Waals surface area contributed by atoms with Gasteiger partial charge in [0.15, 0.2) is 0 Å². The van der Waals surface area contributed by atoms with Gasteiger partial charge in [-0.05, 0) is 66.2 Å². The van der Waals surface area contributed by atoms with Gasteiger partial charge in [-0.25, -0.2) is 0 Å². The van der Waals surface area contributed by atoms with E-state index in [1.54, 1.807) is 18.2 Å². The maximum atomic E-state index is 13.0. The molecule has 1 N–H and O–H groups in total. The average molecular weight is 518 g/mol. The second-order valence-corrected chi connectivity index (χ2v) is 8.32. The maximum absolute atomic E-state index is 13.0. The average Bonchev–Trinajstić information content (AvgIpc) is 2.90. The zero-order valence-corrected chi connectivity index (χ0v) is 20.0. The van der Waals surface area contributed by atoms with Crippen LogP contribution in [-0.4, -0.2) is 5.91 Å². The molecule has 0 radical (unpaired) electrons. The molecule has 0 heterocycles. The van der Waals surface area contributed by atoms with Crippen molar-refractivity contribution in [3.05, 3.63) is 125 Å². The molecule has 4 nitrogen and oxygen atoms in total. The standard InChI is InChI=1S/C29H19ClF3N3O/c30-26-16-13-22(29(31,32)33)18-27(26)35-28(37)21(19-34)17-20-11-14-25(15-12-20)36(23-7-3-1-4-8-23)24-9-5-2-6-10-24/h1-18H,(H,35,37). The number of hydrogen-bond donors (Lipinski definition) is 1. The molecule has 0 fully saturated rings. The van der Waals surface area contributed by atoms with Crippen molar-refractivity contribution in [2.75, 3.05) is 10.2 Å². The van der Waals surface area contributed by atoms with E-state index in [0.29, 0.717) is 5.56 Å². The highest BCUT2D eigenvalue weighted by molar-refractivity contribution is 6.34. The van der Waals surface area contributed by atoms with E-state index in [2.05, 4.69) is 10.2 Å². The summed E-state index contributed by atoms with van der Waals surface area (Å²) in [5.74, 6) is -0.872. The van der Waals surface area contributed by atoms with Crippen molar-refractivity contribution >= 4 is 46.3 Å². The van der Waals surface area contributed by atoms with Crippen LogP contribution in [0.25, 0.3) is 6.08 Å². The van der Waals surface area contributed by atoms with Crippen molar-refractivity contribution in [2.45, 2.75) is 6.18 Å². The van der Waals surface area contributed by atoms with Gasteiger partial charge in [-0.1, -0.05) is 60.1 Å². The van der Waals surface area contributed by atoms with Gasteiger partial charge in [0.2, 0.25) is 0 Å². The Balaban J connectivity index is 1.60. The molecule has 0 aliphatic heterocycles. The van der Waals surface area contributed by atoms with Crippen LogP contribution in [0.1, 0.15) is 11.1 Å². The van der Waals surface area contributed by atoms with Crippen LogP contribution in [-0.2, 0) is 11.0 Å². The first-order valence-corrected chi connectivity index (χ1v) is 11.4. The van der Waals surface area contributed by atoms with Gasteiger partial charge in [0, 0.05) is 17.1 Å². The molecule has 0 aliphatic carbocycles. The molecule has 0 atom stereocenters. The molecule has 0 unspecified atom stereocenters. The van der Waals surface area contributed by atoms with Crippen LogP contribution in [0.5, 0.6) is 0 Å². The zero-order valence-electron chi connectivity index (χ0n) is 19.2. The van der Waals surface area contributed by atoms with E-state index >= 15 is 0 Å². The minimum atomic E-state index is -4.60. The number of nitrogens with one attached hydrogen (secondary N) is 1. The van der Waals surface area contributed by atoms with Crippen LogP contribution in [0.2, 0.25) is 5.02 Å². The van der Waals surface area contributed by atoms with Gasteiger partial charge in [-0.2, -0.15) is 18.4 Å². The number of halogens is 4. The lowest BCUT2D eigenvalue weighted by Gasteiger charge is -2.25. The van der Waals surface area contributed by atoms with Crippen molar-refractivity contribution in [3.8, 4) is 6.07 Å². The minimum Gasteiger partial charge on any atom is -0.320 e. The van der Waals surface area contributed by atoms with Crippen LogP contribution < -0.4 is 10.2 Å². The number of alkyl halides is 3. The van der Waals surface area contributed by atoms with Crippen molar-refractivity contribution in [3.63, 3.8) is 0 Å². The fraction of sp³-hybridized carbons (Fsp3) is 0.0345. The van der Waals surface area contributed by atoms with Crippen molar-refractivity contribution in [1.29, 1.82) is 5.26 Å². The lowest BCUT2D eigenvalue weighted by molar-refractivity contribution is -0.137. The highest BCUT2D eigenvalue weighted by Gasteiger charge is 2.31. The Morgan fingerprint density at radius 3 is 1.89 bits per heavy atom. The zero-order chi connectivity index (χ0) is 26.4. The van der Waals surface area contributed by atoms with E-state index in [4.69, 9.17) is 11.6 Å². The Hall–Kier alpha value is -4.54. The molecule has 0 aromatic heterocycles. The quantitative estimate of drug-likeness (QED) is 0.206. The Labute approximate surface area is 216 Å². The second-order valence-electron chi connectivity index (χ2n) is 7.91. The third-order valence-corrected chi connectivity index (χ3v) is 5.73. The molecule has 8 heteroatoms. The Kier molecular flexibility index (Phi) is 7.61. The number of nitriles is 1. The molecular weight excluding hydrogens is 499 g/mol. The van der Waals surface area contributed by atoms with Gasteiger partial charge in [0.25, 0.3) is 5.91 Å². The van der Waals surface area contributed by atoms with Gasteiger partial charge in [0.1, 0.15) is 11.6 Å². The molecule has 0 bridgehead atoms. The van der Waals surface area contributed by atoms with Gasteiger partial charge >= 0.3 is 6.18 Å². The number of amides is 1. The summed E-state index contributed by atoms with van der Waals surface area (Å²) in [4.78, 5) is 14.7. The smallest absolute Gasteiger partial charge is 0.320 e. The lowest BCUT2D eigenvalue weighted by Crippen LogP contribution is -2.15. The molecule has 0 saturated carbocycles. The topological polar surface area (TPSA) is 56.1 Å². The summed E-state index contributed by atoms with van der Waals surface area (Å²) in [6.07, 6.45) is -3.25. The van der Waals surface area contributed by atoms with Crippen LogP contribution in [0.15, 0.2) is 109 Å². The summed E-state index contributed by atoms with van der Waals surface area (Å²) < 4.78 is 39.1. The largest absolute Gasteiger partial charge is 0.416 e. The van der Waals surface area contributed by atoms with Crippen molar-refractivity contribution in [1.82, 2.24) is 0 Å². The fourth-order valence-corrected chi connectivity index (χ4v) is 3.79. The normalized spacial score (nSPS) is 11.5. The highest BCUT2D eigenvalue weighted by atomic mass is 35.5. The first-order chi connectivity index (χ1) is 17.8.